The smallest absolute Gasteiger partial charge is 0.353 e. The van der Waals surface area contributed by atoms with Crippen LogP contribution in [-0.4, -0.2) is 33.1 Å². The van der Waals surface area contributed by atoms with E-state index in [0.29, 0.717) is 30.3 Å². The Kier molecular flexibility index (Phi) is 14.4. The van der Waals surface area contributed by atoms with Gasteiger partial charge in [0.1, 0.15) is 5.69 Å². The summed E-state index contributed by atoms with van der Waals surface area (Å²) in [6, 6.07) is 7.38. The number of hydrogen-bond donors (Lipinski definition) is 2. The molecule has 0 saturated heterocycles. The van der Waals surface area contributed by atoms with Gasteiger partial charge in [0.25, 0.3) is 0 Å². The number of carbonyl (C=O) groups is 2. The molecule has 0 spiro atoms. The summed E-state index contributed by atoms with van der Waals surface area (Å²) in [6.07, 6.45) is 19.9. The Labute approximate surface area is 211 Å². The van der Waals surface area contributed by atoms with Gasteiger partial charge in [-0.05, 0) is 18.9 Å². The summed E-state index contributed by atoms with van der Waals surface area (Å²) in [5.41, 5.74) is 1.14. The Morgan fingerprint density at radius 1 is 0.743 bits per heavy atom. The highest BCUT2D eigenvalue weighted by Crippen LogP contribution is 2.29. The van der Waals surface area contributed by atoms with E-state index >= 15 is 0 Å². The topological polar surface area (TPSA) is 79.5 Å². The largest absolute Gasteiger partial charge is 0.477 e. The lowest BCUT2D eigenvalue weighted by Gasteiger charge is -2.08. The average Bonchev–Trinajstić information content (AvgIpc) is 3.19. The van der Waals surface area contributed by atoms with Crippen molar-refractivity contribution in [3.63, 3.8) is 0 Å². The number of benzene rings is 1. The minimum absolute atomic E-state index is 0.0199. The number of carbonyl (C=O) groups excluding carboxylic acids is 1. The van der Waals surface area contributed by atoms with Gasteiger partial charge in [-0.25, -0.2) is 4.79 Å². The molecule has 0 saturated carbocycles. The van der Waals surface area contributed by atoms with Crippen LogP contribution in [0.3, 0.4) is 0 Å². The number of Topliss-reactive ketones (excluding diaryl/α,β-unsaturated/α-hetero) is 1. The third-order valence-electron chi connectivity index (χ3n) is 7.00. The molecule has 1 aromatic heterocycles. The molecule has 0 amide bonds. The van der Waals surface area contributed by atoms with Gasteiger partial charge in [-0.3, -0.25) is 4.79 Å². The molecule has 2 aromatic rings. The van der Waals surface area contributed by atoms with E-state index < -0.39 is 5.97 Å². The number of aliphatic hydroxyl groups is 1. The predicted molar refractivity (Wildman–Crippen MR) is 144 cm³/mol. The number of aromatic carboxylic acids is 1. The van der Waals surface area contributed by atoms with E-state index in [1.54, 1.807) is 4.57 Å². The summed E-state index contributed by atoms with van der Waals surface area (Å²) >= 11 is 0. The minimum atomic E-state index is -1.08. The molecular formula is C30H47NO4. The second-order valence-electron chi connectivity index (χ2n) is 9.90. The molecule has 0 aliphatic heterocycles. The summed E-state index contributed by atoms with van der Waals surface area (Å²) < 4.78 is 1.67. The van der Waals surface area contributed by atoms with E-state index in [4.69, 9.17) is 0 Å². The zero-order chi connectivity index (χ0) is 25.3. The molecular weight excluding hydrogens is 438 g/mol. The third-order valence-corrected chi connectivity index (χ3v) is 7.00. The molecule has 0 aliphatic carbocycles. The maximum atomic E-state index is 13.1. The lowest BCUT2D eigenvalue weighted by Crippen LogP contribution is -2.14. The number of carboxylic acid groups (broad SMARTS) is 1. The fourth-order valence-electron chi connectivity index (χ4n) is 5.05. The first kappa shape index (κ1) is 29.1. The molecule has 196 valence electrons. The fraction of sp³-hybridized carbons (Fsp3) is 0.667. The Morgan fingerprint density at radius 2 is 1.26 bits per heavy atom. The van der Waals surface area contributed by atoms with Crippen LogP contribution in [0.2, 0.25) is 0 Å². The standard InChI is InChI=1S/C30H47NO4/c1-2-3-4-5-6-7-8-9-10-11-12-13-14-15-16-22-27(33)28-25-20-17-18-21-26(25)31(23-19-24-32)29(28)30(34)35/h17-18,20-21,32H,2-16,19,22-24H2,1H3,(H,34,35). The van der Waals surface area contributed by atoms with Crippen LogP contribution in [0.1, 0.15) is 137 Å². The molecule has 35 heavy (non-hydrogen) atoms. The Bertz CT molecular complexity index is 886. The van der Waals surface area contributed by atoms with Crippen LogP contribution in [-0.2, 0) is 6.54 Å². The molecule has 0 bridgehead atoms. The third kappa shape index (κ3) is 9.79. The van der Waals surface area contributed by atoms with Crippen molar-refractivity contribution in [1.82, 2.24) is 4.57 Å². The summed E-state index contributed by atoms with van der Waals surface area (Å²) in [7, 11) is 0. The number of ketones is 1. The summed E-state index contributed by atoms with van der Waals surface area (Å²) in [5, 5.41) is 19.8. The van der Waals surface area contributed by atoms with Crippen molar-refractivity contribution < 1.29 is 19.8 Å². The second-order valence-corrected chi connectivity index (χ2v) is 9.90. The number of nitrogens with zero attached hydrogens (tertiary/aromatic N) is 1. The molecule has 2 rings (SSSR count). The van der Waals surface area contributed by atoms with E-state index in [1.165, 1.54) is 77.0 Å². The first-order valence-electron chi connectivity index (χ1n) is 14.1. The number of carboxylic acids is 1. The molecule has 5 heteroatoms. The fourth-order valence-corrected chi connectivity index (χ4v) is 5.05. The predicted octanol–water partition coefficient (Wildman–Crippen LogP) is 8.17. The first-order chi connectivity index (χ1) is 17.1. The van der Waals surface area contributed by atoms with Crippen molar-refractivity contribution in [1.29, 1.82) is 0 Å². The lowest BCUT2D eigenvalue weighted by molar-refractivity contribution is 0.0679. The van der Waals surface area contributed by atoms with Gasteiger partial charge >= 0.3 is 5.97 Å². The number of aryl methyl sites for hydroxylation is 1. The molecule has 0 unspecified atom stereocenters. The van der Waals surface area contributed by atoms with Crippen molar-refractivity contribution >= 4 is 22.7 Å². The monoisotopic (exact) mass is 485 g/mol. The van der Waals surface area contributed by atoms with Crippen LogP contribution < -0.4 is 0 Å². The van der Waals surface area contributed by atoms with Gasteiger partial charge in [0.15, 0.2) is 5.78 Å². The molecule has 2 N–H and O–H groups in total. The zero-order valence-corrected chi connectivity index (χ0v) is 21.9. The minimum Gasteiger partial charge on any atom is -0.477 e. The van der Waals surface area contributed by atoms with Crippen LogP contribution in [0.5, 0.6) is 0 Å². The molecule has 1 heterocycles. The molecule has 5 nitrogen and oxygen atoms in total. The van der Waals surface area contributed by atoms with E-state index in [9.17, 15) is 19.8 Å². The van der Waals surface area contributed by atoms with Gasteiger partial charge in [0.05, 0.1) is 5.56 Å². The molecule has 0 aliphatic rings. The van der Waals surface area contributed by atoms with Crippen LogP contribution in [0.25, 0.3) is 10.9 Å². The first-order valence-corrected chi connectivity index (χ1v) is 14.1. The Hall–Kier alpha value is -2.14. The van der Waals surface area contributed by atoms with Gasteiger partial charge in [-0.1, -0.05) is 115 Å². The van der Waals surface area contributed by atoms with E-state index in [2.05, 4.69) is 6.92 Å². The van der Waals surface area contributed by atoms with Gasteiger partial charge in [0, 0.05) is 30.5 Å². The van der Waals surface area contributed by atoms with Crippen molar-refractivity contribution in [2.24, 2.45) is 0 Å². The molecule has 0 radical (unpaired) electrons. The van der Waals surface area contributed by atoms with E-state index in [0.717, 1.165) is 24.8 Å². The number of rotatable bonds is 21. The molecule has 1 aromatic carbocycles. The average molecular weight is 486 g/mol. The van der Waals surface area contributed by atoms with Gasteiger partial charge in [-0.15, -0.1) is 0 Å². The van der Waals surface area contributed by atoms with Gasteiger partial charge in [-0.2, -0.15) is 0 Å². The number of unbranched alkanes of at least 4 members (excludes halogenated alkanes) is 14. The normalized spacial score (nSPS) is 11.4. The molecule has 0 atom stereocenters. The van der Waals surface area contributed by atoms with Crippen LogP contribution in [0, 0.1) is 0 Å². The number of aromatic nitrogens is 1. The van der Waals surface area contributed by atoms with Gasteiger partial charge < -0.3 is 14.8 Å². The van der Waals surface area contributed by atoms with Crippen LogP contribution in [0.4, 0.5) is 0 Å². The molecule has 0 fully saturated rings. The zero-order valence-electron chi connectivity index (χ0n) is 21.9. The van der Waals surface area contributed by atoms with E-state index in [-0.39, 0.29) is 18.1 Å². The summed E-state index contributed by atoms with van der Waals surface area (Å²) in [5.74, 6) is -1.17. The maximum Gasteiger partial charge on any atom is 0.353 e. The quantitative estimate of drug-likeness (QED) is 0.138. The Morgan fingerprint density at radius 3 is 1.77 bits per heavy atom. The van der Waals surface area contributed by atoms with Crippen molar-refractivity contribution in [2.75, 3.05) is 6.61 Å². The lowest BCUT2D eigenvalue weighted by atomic mass is 10.00. The van der Waals surface area contributed by atoms with Crippen LogP contribution >= 0.6 is 0 Å². The second kappa shape index (κ2) is 17.3. The Balaban J connectivity index is 1.69. The van der Waals surface area contributed by atoms with Crippen LogP contribution in [0.15, 0.2) is 24.3 Å². The van der Waals surface area contributed by atoms with Crippen molar-refractivity contribution in [3.05, 3.63) is 35.5 Å². The number of aliphatic hydroxyl groups excluding tert-OH is 1. The number of para-hydroxylation sites is 1. The van der Waals surface area contributed by atoms with Crippen molar-refractivity contribution in [3.8, 4) is 0 Å². The SMILES string of the molecule is CCCCCCCCCCCCCCCCCC(=O)c1c(C(=O)O)n(CCCO)c2ccccc12. The maximum absolute atomic E-state index is 13.1. The highest BCUT2D eigenvalue weighted by atomic mass is 16.4. The van der Waals surface area contributed by atoms with Gasteiger partial charge in [0.2, 0.25) is 0 Å². The summed E-state index contributed by atoms with van der Waals surface area (Å²) in [6.45, 7) is 2.62. The highest BCUT2D eigenvalue weighted by Gasteiger charge is 2.26. The number of hydrogen-bond acceptors (Lipinski definition) is 3. The summed E-state index contributed by atoms with van der Waals surface area (Å²) in [4.78, 5) is 25.1. The van der Waals surface area contributed by atoms with Crippen molar-refractivity contribution in [2.45, 2.75) is 123 Å². The van der Waals surface area contributed by atoms with E-state index in [1.807, 2.05) is 24.3 Å². The highest BCUT2D eigenvalue weighted by molar-refractivity contribution is 6.15. The number of fused-ring (bicyclic) bond motifs is 1.